The van der Waals surface area contributed by atoms with Gasteiger partial charge in [0, 0.05) is 16.8 Å². The zero-order valence-corrected chi connectivity index (χ0v) is 21.7. The molecule has 184 valence electrons. The summed E-state index contributed by atoms with van der Waals surface area (Å²) in [5.74, 6) is 1.38. The number of hydrogen-bond donors (Lipinski definition) is 1. The molecule has 7 nitrogen and oxygen atoms in total. The normalized spacial score (nSPS) is 11.6. The molecule has 36 heavy (non-hydrogen) atoms. The summed E-state index contributed by atoms with van der Waals surface area (Å²) in [5.41, 5.74) is 5.91. The van der Waals surface area contributed by atoms with Gasteiger partial charge in [-0.05, 0) is 80.4 Å². The number of anilines is 1. The highest BCUT2D eigenvalue weighted by Gasteiger charge is 2.20. The third kappa shape index (κ3) is 5.66. The Labute approximate surface area is 215 Å². The van der Waals surface area contributed by atoms with Crippen LogP contribution >= 0.6 is 11.8 Å². The fraction of sp³-hybridized carbons (Fsp3) is 0.214. The maximum Gasteiger partial charge on any atom is 0.237 e. The minimum absolute atomic E-state index is 0.119. The van der Waals surface area contributed by atoms with Crippen molar-refractivity contribution in [3.63, 3.8) is 0 Å². The van der Waals surface area contributed by atoms with E-state index >= 15 is 0 Å². The van der Waals surface area contributed by atoms with Gasteiger partial charge < -0.3 is 14.8 Å². The van der Waals surface area contributed by atoms with E-state index in [4.69, 9.17) is 14.5 Å². The van der Waals surface area contributed by atoms with Gasteiger partial charge in [-0.1, -0.05) is 30.0 Å². The Morgan fingerprint density at radius 2 is 1.33 bits per heavy atom. The smallest absolute Gasteiger partial charge is 0.237 e. The van der Waals surface area contributed by atoms with Gasteiger partial charge in [-0.2, -0.15) is 0 Å². The summed E-state index contributed by atoms with van der Waals surface area (Å²) in [4.78, 5) is 17.8. The Morgan fingerprint density at radius 1 is 0.806 bits per heavy atom. The summed E-state index contributed by atoms with van der Waals surface area (Å²) >= 11 is 1.27. The first-order valence-corrected chi connectivity index (χ1v) is 12.3. The van der Waals surface area contributed by atoms with E-state index in [1.807, 2.05) is 87.5 Å². The lowest BCUT2D eigenvalue weighted by molar-refractivity contribution is -0.115. The number of hydrogen-bond acceptors (Lipinski definition) is 7. The van der Waals surface area contributed by atoms with Crippen LogP contribution in [0.5, 0.6) is 11.5 Å². The predicted molar refractivity (Wildman–Crippen MR) is 144 cm³/mol. The average molecular weight is 501 g/mol. The zero-order valence-electron chi connectivity index (χ0n) is 20.9. The number of carbonyl (C=O) groups excluding carboxylic acids is 1. The van der Waals surface area contributed by atoms with Gasteiger partial charge in [0.25, 0.3) is 0 Å². The van der Waals surface area contributed by atoms with Crippen LogP contribution in [0.25, 0.3) is 22.5 Å². The first kappa shape index (κ1) is 25.2. The number of nitrogens with one attached hydrogen (secondary N) is 1. The molecule has 8 heteroatoms. The van der Waals surface area contributed by atoms with E-state index in [0.29, 0.717) is 16.5 Å². The lowest BCUT2D eigenvalue weighted by Crippen LogP contribution is -2.23. The summed E-state index contributed by atoms with van der Waals surface area (Å²) in [6, 6.07) is 21.1. The molecule has 0 radical (unpaired) electrons. The largest absolute Gasteiger partial charge is 0.497 e. The molecule has 0 aliphatic carbocycles. The number of ether oxygens (including phenoxy) is 2. The molecule has 1 heterocycles. The molecule has 0 aliphatic heterocycles. The van der Waals surface area contributed by atoms with Crippen molar-refractivity contribution in [2.45, 2.75) is 31.2 Å². The van der Waals surface area contributed by atoms with E-state index in [1.54, 1.807) is 14.2 Å². The molecule has 1 atom stereocenters. The molecule has 0 aliphatic rings. The summed E-state index contributed by atoms with van der Waals surface area (Å²) < 4.78 is 10.6. The topological polar surface area (TPSA) is 86.2 Å². The highest BCUT2D eigenvalue weighted by atomic mass is 32.2. The molecule has 0 spiro atoms. The molecular weight excluding hydrogens is 472 g/mol. The highest BCUT2D eigenvalue weighted by Crippen LogP contribution is 2.33. The quantitative estimate of drug-likeness (QED) is 0.299. The van der Waals surface area contributed by atoms with Crippen molar-refractivity contribution >= 4 is 23.4 Å². The number of benzene rings is 3. The summed E-state index contributed by atoms with van der Waals surface area (Å²) in [5, 5.41) is 11.9. The second-order valence-electron chi connectivity index (χ2n) is 8.26. The van der Waals surface area contributed by atoms with Crippen LogP contribution in [0.3, 0.4) is 0 Å². The minimum Gasteiger partial charge on any atom is -0.497 e. The lowest BCUT2D eigenvalue weighted by Gasteiger charge is -2.15. The van der Waals surface area contributed by atoms with Crippen LogP contribution in [0.2, 0.25) is 0 Å². The van der Waals surface area contributed by atoms with Crippen molar-refractivity contribution in [1.82, 2.24) is 15.2 Å². The predicted octanol–water partition coefficient (Wildman–Crippen LogP) is 5.96. The van der Waals surface area contributed by atoms with Crippen LogP contribution in [0, 0.1) is 13.8 Å². The van der Waals surface area contributed by atoms with E-state index in [9.17, 15) is 4.79 Å². The molecule has 4 aromatic rings. The third-order valence-corrected chi connectivity index (χ3v) is 6.73. The Morgan fingerprint density at radius 3 is 1.86 bits per heavy atom. The van der Waals surface area contributed by atoms with Crippen molar-refractivity contribution < 1.29 is 14.3 Å². The summed E-state index contributed by atoms with van der Waals surface area (Å²) in [7, 11) is 3.26. The van der Waals surface area contributed by atoms with Crippen molar-refractivity contribution in [3.05, 3.63) is 77.9 Å². The fourth-order valence-electron chi connectivity index (χ4n) is 3.70. The molecule has 1 aromatic heterocycles. The SMILES string of the molecule is COc1ccc(-c2nnc(SC(C)C(=O)Nc3c(C)cccc3C)nc2-c2ccc(OC)cc2)cc1. The molecule has 1 amide bonds. The molecule has 1 N–H and O–H groups in total. The standard InChI is InChI=1S/C28H28N4O3S/c1-17-7-6-8-18(2)24(17)29-27(33)19(3)36-28-30-25(20-9-13-22(34-4)14-10-20)26(31-32-28)21-11-15-23(35-5)16-12-21/h6-16,19H,1-5H3,(H,29,33). The molecule has 3 aromatic carbocycles. The number of amides is 1. The van der Waals surface area contributed by atoms with E-state index < -0.39 is 5.25 Å². The average Bonchev–Trinajstić information content (AvgIpc) is 2.91. The fourth-order valence-corrected chi connectivity index (χ4v) is 4.42. The number of para-hydroxylation sites is 1. The zero-order chi connectivity index (χ0) is 25.7. The van der Waals surface area contributed by atoms with Crippen LogP contribution in [-0.4, -0.2) is 40.6 Å². The number of carbonyl (C=O) groups is 1. The highest BCUT2D eigenvalue weighted by molar-refractivity contribution is 8.00. The van der Waals surface area contributed by atoms with Gasteiger partial charge in [-0.25, -0.2) is 4.98 Å². The monoisotopic (exact) mass is 500 g/mol. The summed E-state index contributed by atoms with van der Waals surface area (Å²) in [6.07, 6.45) is 0. The Hall–Kier alpha value is -3.91. The van der Waals surface area contributed by atoms with Crippen molar-refractivity contribution in [2.75, 3.05) is 19.5 Å². The first-order chi connectivity index (χ1) is 17.4. The van der Waals surface area contributed by atoms with Crippen LogP contribution in [0.1, 0.15) is 18.1 Å². The van der Waals surface area contributed by atoms with Gasteiger partial charge in [0.2, 0.25) is 11.1 Å². The number of aromatic nitrogens is 3. The summed E-state index contributed by atoms with van der Waals surface area (Å²) in [6.45, 7) is 5.79. The van der Waals surface area contributed by atoms with Crippen molar-refractivity contribution in [1.29, 1.82) is 0 Å². The number of aryl methyl sites for hydroxylation is 2. The number of methoxy groups -OCH3 is 2. The molecule has 0 fully saturated rings. The molecular formula is C28H28N4O3S. The van der Waals surface area contributed by atoms with Crippen LogP contribution in [-0.2, 0) is 4.79 Å². The van der Waals surface area contributed by atoms with Crippen molar-refractivity contribution in [3.8, 4) is 34.0 Å². The maximum absolute atomic E-state index is 13.0. The molecule has 0 bridgehead atoms. The minimum atomic E-state index is -0.429. The van der Waals surface area contributed by atoms with Gasteiger partial charge in [0.1, 0.15) is 22.9 Å². The first-order valence-electron chi connectivity index (χ1n) is 11.5. The van der Waals surface area contributed by atoms with E-state index in [1.165, 1.54) is 11.8 Å². The number of rotatable bonds is 8. The second kappa shape index (κ2) is 11.2. The number of thioether (sulfide) groups is 1. The Balaban J connectivity index is 1.64. The second-order valence-corrected chi connectivity index (χ2v) is 9.57. The Kier molecular flexibility index (Phi) is 7.85. The molecule has 4 rings (SSSR count). The number of nitrogens with zero attached hydrogens (tertiary/aromatic N) is 3. The third-order valence-electron chi connectivity index (χ3n) is 5.77. The van der Waals surface area contributed by atoms with E-state index in [-0.39, 0.29) is 5.91 Å². The van der Waals surface area contributed by atoms with Gasteiger partial charge in [0.15, 0.2) is 0 Å². The van der Waals surface area contributed by atoms with Crippen LogP contribution in [0.4, 0.5) is 5.69 Å². The van der Waals surface area contributed by atoms with Gasteiger partial charge in [-0.15, -0.1) is 10.2 Å². The van der Waals surface area contributed by atoms with Gasteiger partial charge in [0.05, 0.1) is 19.5 Å². The Bertz CT molecular complexity index is 1340. The molecule has 1 unspecified atom stereocenters. The van der Waals surface area contributed by atoms with E-state index in [0.717, 1.165) is 39.4 Å². The van der Waals surface area contributed by atoms with E-state index in [2.05, 4.69) is 15.5 Å². The molecule has 0 saturated carbocycles. The van der Waals surface area contributed by atoms with Crippen molar-refractivity contribution in [2.24, 2.45) is 0 Å². The molecule has 0 saturated heterocycles. The lowest BCUT2D eigenvalue weighted by atomic mass is 10.0. The van der Waals surface area contributed by atoms with Crippen LogP contribution in [0.15, 0.2) is 71.9 Å². The maximum atomic E-state index is 13.0. The van der Waals surface area contributed by atoms with Gasteiger partial charge in [-0.3, -0.25) is 4.79 Å². The van der Waals surface area contributed by atoms with Gasteiger partial charge >= 0.3 is 0 Å². The van der Waals surface area contributed by atoms with Crippen LogP contribution < -0.4 is 14.8 Å².